The Bertz CT molecular complexity index is 773. The van der Waals surface area contributed by atoms with Gasteiger partial charge in [-0.05, 0) is 49.7 Å². The van der Waals surface area contributed by atoms with Crippen molar-refractivity contribution in [3.8, 4) is 11.5 Å². The van der Waals surface area contributed by atoms with E-state index in [0.29, 0.717) is 24.7 Å². The average molecular weight is 403 g/mol. The maximum Gasteiger partial charge on any atom is 0.341 e. The molecule has 6 heteroatoms. The van der Waals surface area contributed by atoms with Gasteiger partial charge in [0, 0.05) is 10.6 Å². The maximum atomic E-state index is 10.6. The molecule has 0 amide bonds. The number of rotatable bonds is 12. The average Bonchev–Trinajstić information content (AvgIpc) is 2.67. The number of hydrogen-bond acceptors (Lipinski definition) is 5. The number of benzene rings is 2. The third-order valence-corrected chi connectivity index (χ3v) is 4.97. The van der Waals surface area contributed by atoms with Gasteiger partial charge in [-0.3, -0.25) is 0 Å². The van der Waals surface area contributed by atoms with Crippen molar-refractivity contribution < 1.29 is 24.1 Å². The summed E-state index contributed by atoms with van der Waals surface area (Å²) in [6, 6.07) is 13.6. The van der Waals surface area contributed by atoms with Crippen LogP contribution in [0.2, 0.25) is 0 Å². The van der Waals surface area contributed by atoms with E-state index in [4.69, 9.17) is 19.3 Å². The van der Waals surface area contributed by atoms with E-state index in [1.165, 1.54) is 5.56 Å². The second-order valence-corrected chi connectivity index (χ2v) is 7.38. The van der Waals surface area contributed by atoms with E-state index in [1.807, 2.05) is 50.2 Å². The molecule has 150 valence electrons. The van der Waals surface area contributed by atoms with E-state index >= 15 is 0 Å². The summed E-state index contributed by atoms with van der Waals surface area (Å²) in [6.45, 7) is 8.20. The first-order chi connectivity index (χ1) is 13.5. The highest BCUT2D eigenvalue weighted by molar-refractivity contribution is 7.99. The zero-order valence-corrected chi connectivity index (χ0v) is 17.0. The van der Waals surface area contributed by atoms with Crippen molar-refractivity contribution in [2.75, 3.05) is 25.6 Å². The van der Waals surface area contributed by atoms with E-state index in [0.717, 1.165) is 16.2 Å². The van der Waals surface area contributed by atoms with Gasteiger partial charge in [0.1, 0.15) is 24.2 Å². The molecule has 0 bridgehead atoms. The predicted octanol–water partition coefficient (Wildman–Crippen LogP) is 4.51. The molecule has 2 rings (SSSR count). The number of thioether (sulfide) groups is 1. The smallest absolute Gasteiger partial charge is 0.341 e. The summed E-state index contributed by atoms with van der Waals surface area (Å²) in [4.78, 5) is 11.7. The van der Waals surface area contributed by atoms with Crippen LogP contribution in [0.15, 0.2) is 60.0 Å². The number of carbonyl (C=O) groups is 1. The molecule has 0 fully saturated rings. The van der Waals surface area contributed by atoms with E-state index in [9.17, 15) is 4.79 Å². The fourth-order valence-corrected chi connectivity index (χ4v) is 3.37. The van der Waals surface area contributed by atoms with Crippen LogP contribution in [0, 0.1) is 13.8 Å². The molecule has 2 aromatic carbocycles. The Hall–Kier alpha value is -2.44. The van der Waals surface area contributed by atoms with Gasteiger partial charge in [0.2, 0.25) is 0 Å². The largest absolute Gasteiger partial charge is 0.491 e. The summed E-state index contributed by atoms with van der Waals surface area (Å²) in [7, 11) is 0. The normalized spacial score (nSPS) is 11.6. The molecule has 0 saturated heterocycles. The number of ether oxygens (including phenoxy) is 3. The highest BCUT2D eigenvalue weighted by atomic mass is 32.2. The van der Waals surface area contributed by atoms with Crippen LogP contribution in [-0.2, 0) is 9.53 Å². The molecule has 0 spiro atoms. The summed E-state index contributed by atoms with van der Waals surface area (Å²) >= 11 is 1.65. The molecule has 0 aliphatic carbocycles. The molecular weight excluding hydrogens is 376 g/mol. The fourth-order valence-electron chi connectivity index (χ4n) is 2.37. The van der Waals surface area contributed by atoms with Gasteiger partial charge in [0.15, 0.2) is 6.61 Å². The van der Waals surface area contributed by atoms with Crippen molar-refractivity contribution >= 4 is 17.7 Å². The number of aliphatic carboxylic acids is 1. The van der Waals surface area contributed by atoms with Gasteiger partial charge in [-0.1, -0.05) is 23.8 Å². The van der Waals surface area contributed by atoms with Crippen LogP contribution in [-0.4, -0.2) is 42.8 Å². The molecule has 0 radical (unpaired) electrons. The molecule has 0 aliphatic rings. The Balaban J connectivity index is 1.90. The van der Waals surface area contributed by atoms with E-state index in [-0.39, 0.29) is 12.7 Å². The monoisotopic (exact) mass is 402 g/mol. The summed E-state index contributed by atoms with van der Waals surface area (Å²) in [6.07, 6.45) is 1.63. The number of carboxylic acid groups (broad SMARTS) is 1. The number of hydrogen-bond donors (Lipinski definition) is 1. The van der Waals surface area contributed by atoms with Gasteiger partial charge in [0.25, 0.3) is 0 Å². The second-order valence-electron chi connectivity index (χ2n) is 6.29. The van der Waals surface area contributed by atoms with Crippen molar-refractivity contribution in [3.05, 3.63) is 66.2 Å². The van der Waals surface area contributed by atoms with Crippen LogP contribution in [0.3, 0.4) is 0 Å². The van der Waals surface area contributed by atoms with Crippen LogP contribution in [0.5, 0.6) is 11.5 Å². The molecule has 5 nitrogen and oxygen atoms in total. The van der Waals surface area contributed by atoms with Crippen molar-refractivity contribution in [3.63, 3.8) is 0 Å². The van der Waals surface area contributed by atoms with Crippen molar-refractivity contribution in [1.29, 1.82) is 0 Å². The fraction of sp³-hybridized carbons (Fsp3) is 0.318. The standard InChI is InChI=1S/C22H26O5S/c1-4-11-25-19(13-26-18-7-5-16(2)6-8-18)15-28-20-9-10-21(17(3)12-20)27-14-22(23)24/h4-10,12,19H,1,11,13-15H2,2-3H3,(H,23,24). The van der Waals surface area contributed by atoms with E-state index in [1.54, 1.807) is 23.9 Å². The Morgan fingerprint density at radius 1 is 1.18 bits per heavy atom. The predicted molar refractivity (Wildman–Crippen MR) is 112 cm³/mol. The molecule has 1 N–H and O–H groups in total. The second kappa shape index (κ2) is 11.4. The lowest BCUT2D eigenvalue weighted by Crippen LogP contribution is -2.24. The lowest BCUT2D eigenvalue weighted by Gasteiger charge is -2.18. The van der Waals surface area contributed by atoms with Crippen LogP contribution in [0.4, 0.5) is 0 Å². The number of aryl methyl sites for hydroxylation is 2. The van der Waals surface area contributed by atoms with Gasteiger partial charge >= 0.3 is 5.97 Å². The molecule has 0 aliphatic heterocycles. The topological polar surface area (TPSA) is 65.0 Å². The van der Waals surface area contributed by atoms with Gasteiger partial charge in [-0.25, -0.2) is 4.79 Å². The molecule has 0 aromatic heterocycles. The third-order valence-electron chi connectivity index (χ3n) is 3.84. The highest BCUT2D eigenvalue weighted by Crippen LogP contribution is 2.26. The minimum Gasteiger partial charge on any atom is -0.491 e. The van der Waals surface area contributed by atoms with Crippen molar-refractivity contribution in [1.82, 2.24) is 0 Å². The molecule has 1 atom stereocenters. The first kappa shape index (κ1) is 21.9. The molecule has 2 aromatic rings. The Morgan fingerprint density at radius 3 is 2.57 bits per heavy atom. The van der Waals surface area contributed by atoms with Gasteiger partial charge < -0.3 is 19.3 Å². The van der Waals surface area contributed by atoms with Crippen LogP contribution in [0.1, 0.15) is 11.1 Å². The van der Waals surface area contributed by atoms with Gasteiger partial charge in [0.05, 0.1) is 6.61 Å². The lowest BCUT2D eigenvalue weighted by atomic mass is 10.2. The SMILES string of the molecule is C=CCOC(COc1ccc(C)cc1)CSc1ccc(OCC(=O)O)c(C)c1. The van der Waals surface area contributed by atoms with Crippen molar-refractivity contribution in [2.45, 2.75) is 24.8 Å². The molecule has 0 saturated carbocycles. The van der Waals surface area contributed by atoms with Gasteiger partial charge in [-0.2, -0.15) is 0 Å². The van der Waals surface area contributed by atoms with Crippen LogP contribution in [0.25, 0.3) is 0 Å². The molecule has 0 heterocycles. The van der Waals surface area contributed by atoms with Gasteiger partial charge in [-0.15, -0.1) is 18.3 Å². The van der Waals surface area contributed by atoms with E-state index < -0.39 is 5.97 Å². The van der Waals surface area contributed by atoms with Crippen LogP contribution >= 0.6 is 11.8 Å². The Morgan fingerprint density at radius 2 is 1.93 bits per heavy atom. The Labute approximate surface area is 170 Å². The van der Waals surface area contributed by atoms with E-state index in [2.05, 4.69) is 6.58 Å². The molecule has 28 heavy (non-hydrogen) atoms. The quantitative estimate of drug-likeness (QED) is 0.416. The maximum absolute atomic E-state index is 10.6. The number of carboxylic acids is 1. The van der Waals surface area contributed by atoms with Crippen LogP contribution < -0.4 is 9.47 Å². The minimum atomic E-state index is -0.992. The minimum absolute atomic E-state index is 0.0902. The summed E-state index contributed by atoms with van der Waals surface area (Å²) in [5.74, 6) is 1.12. The zero-order valence-electron chi connectivity index (χ0n) is 16.2. The lowest BCUT2D eigenvalue weighted by molar-refractivity contribution is -0.139. The summed E-state index contributed by atoms with van der Waals surface area (Å²) < 4.78 is 16.9. The first-order valence-corrected chi connectivity index (χ1v) is 9.96. The molecular formula is C22H26O5S. The Kier molecular flexibility index (Phi) is 8.91. The first-order valence-electron chi connectivity index (χ1n) is 8.98. The zero-order chi connectivity index (χ0) is 20.4. The molecule has 1 unspecified atom stereocenters. The highest BCUT2D eigenvalue weighted by Gasteiger charge is 2.12. The summed E-state index contributed by atoms with van der Waals surface area (Å²) in [5.41, 5.74) is 2.08. The summed E-state index contributed by atoms with van der Waals surface area (Å²) in [5, 5.41) is 8.72. The van der Waals surface area contributed by atoms with Crippen molar-refractivity contribution in [2.24, 2.45) is 0 Å². The third kappa shape index (κ3) is 7.66.